The number of hydrogen-bond donors (Lipinski definition) is 1. The lowest BCUT2D eigenvalue weighted by molar-refractivity contribution is 0.280. The molecule has 1 atom stereocenters. The molecule has 1 unspecified atom stereocenters. The molecular weight excluding hydrogens is 210 g/mol. The van der Waals surface area contributed by atoms with Gasteiger partial charge in [0, 0.05) is 11.4 Å². The number of hydrogen-bond acceptors (Lipinski definition) is 2. The summed E-state index contributed by atoms with van der Waals surface area (Å²) in [4.78, 5) is 0. The minimum absolute atomic E-state index is 0.522. The Hall–Kier alpha value is -1.54. The van der Waals surface area contributed by atoms with Crippen molar-refractivity contribution in [3.8, 4) is 5.75 Å². The molecule has 1 fully saturated rings. The molecule has 0 spiro atoms. The molecule has 2 heteroatoms. The molecule has 3 rings (SSSR count). The van der Waals surface area contributed by atoms with Crippen LogP contribution in [0.25, 0.3) is 10.8 Å². The molecule has 0 amide bonds. The van der Waals surface area contributed by atoms with Crippen molar-refractivity contribution in [2.45, 2.75) is 18.9 Å². The summed E-state index contributed by atoms with van der Waals surface area (Å²) in [5.74, 6) is 0.997. The van der Waals surface area contributed by atoms with E-state index in [1.54, 1.807) is 0 Å². The summed E-state index contributed by atoms with van der Waals surface area (Å²) in [5.41, 5.74) is 0. The number of benzene rings is 2. The average molecular weight is 227 g/mol. The maximum absolute atomic E-state index is 5.94. The molecule has 0 saturated carbocycles. The second-order valence-electron chi connectivity index (χ2n) is 4.58. The Morgan fingerprint density at radius 2 is 2.00 bits per heavy atom. The summed E-state index contributed by atoms with van der Waals surface area (Å²) >= 11 is 0. The highest BCUT2D eigenvalue weighted by Gasteiger charge is 2.14. The van der Waals surface area contributed by atoms with Gasteiger partial charge in [0.05, 0.1) is 0 Å². The predicted molar refractivity (Wildman–Crippen MR) is 70.5 cm³/mol. The fourth-order valence-corrected chi connectivity index (χ4v) is 2.41. The van der Waals surface area contributed by atoms with Crippen LogP contribution in [-0.2, 0) is 0 Å². The highest BCUT2D eigenvalue weighted by Crippen LogP contribution is 2.25. The average Bonchev–Trinajstić information content (AvgIpc) is 2.89. The van der Waals surface area contributed by atoms with Gasteiger partial charge in [-0.15, -0.1) is 0 Å². The van der Waals surface area contributed by atoms with Crippen LogP contribution in [0.15, 0.2) is 42.5 Å². The molecule has 0 radical (unpaired) electrons. The number of fused-ring (bicyclic) bond motifs is 1. The molecule has 1 heterocycles. The lowest BCUT2D eigenvalue weighted by Gasteiger charge is -2.13. The number of nitrogens with one attached hydrogen (secondary N) is 1. The van der Waals surface area contributed by atoms with E-state index in [1.165, 1.54) is 23.6 Å². The third-order valence-corrected chi connectivity index (χ3v) is 3.35. The Balaban J connectivity index is 1.79. The zero-order chi connectivity index (χ0) is 11.5. The smallest absolute Gasteiger partial charge is 0.127 e. The van der Waals surface area contributed by atoms with Crippen LogP contribution in [0.1, 0.15) is 12.8 Å². The van der Waals surface area contributed by atoms with E-state index in [0.717, 1.165) is 18.9 Å². The molecule has 0 bridgehead atoms. The van der Waals surface area contributed by atoms with Gasteiger partial charge in [0.2, 0.25) is 0 Å². The highest BCUT2D eigenvalue weighted by atomic mass is 16.5. The standard InChI is InChI=1S/C15H17NO/c1-2-8-14-12(5-1)6-3-9-15(14)17-11-13-7-4-10-16-13/h1-3,5-6,8-9,13,16H,4,7,10-11H2. The zero-order valence-corrected chi connectivity index (χ0v) is 9.86. The van der Waals surface area contributed by atoms with Crippen molar-refractivity contribution in [1.29, 1.82) is 0 Å². The van der Waals surface area contributed by atoms with E-state index in [2.05, 4.69) is 47.8 Å². The first-order chi connectivity index (χ1) is 8.43. The summed E-state index contributed by atoms with van der Waals surface area (Å²) < 4.78 is 5.94. The topological polar surface area (TPSA) is 21.3 Å². The summed E-state index contributed by atoms with van der Waals surface area (Å²) in [5, 5.41) is 5.89. The van der Waals surface area contributed by atoms with E-state index in [0.29, 0.717) is 6.04 Å². The largest absolute Gasteiger partial charge is 0.491 e. The molecule has 2 aromatic rings. The molecule has 1 aliphatic heterocycles. The van der Waals surface area contributed by atoms with Crippen LogP contribution in [0.2, 0.25) is 0 Å². The molecule has 2 aromatic carbocycles. The quantitative estimate of drug-likeness (QED) is 0.870. The third-order valence-electron chi connectivity index (χ3n) is 3.35. The molecule has 1 N–H and O–H groups in total. The lowest BCUT2D eigenvalue weighted by Crippen LogP contribution is -2.28. The molecule has 2 nitrogen and oxygen atoms in total. The van der Waals surface area contributed by atoms with Crippen molar-refractivity contribution in [1.82, 2.24) is 5.32 Å². The van der Waals surface area contributed by atoms with E-state index in [9.17, 15) is 0 Å². The van der Waals surface area contributed by atoms with E-state index in [-0.39, 0.29) is 0 Å². The monoisotopic (exact) mass is 227 g/mol. The van der Waals surface area contributed by atoms with Gasteiger partial charge in [-0.2, -0.15) is 0 Å². The Kier molecular flexibility index (Phi) is 2.97. The van der Waals surface area contributed by atoms with Crippen LogP contribution >= 0.6 is 0 Å². The first-order valence-corrected chi connectivity index (χ1v) is 6.27. The fourth-order valence-electron chi connectivity index (χ4n) is 2.41. The molecule has 1 saturated heterocycles. The Morgan fingerprint density at radius 3 is 2.88 bits per heavy atom. The molecule has 0 aromatic heterocycles. The highest BCUT2D eigenvalue weighted by molar-refractivity contribution is 5.88. The van der Waals surface area contributed by atoms with Gasteiger partial charge in [0.25, 0.3) is 0 Å². The summed E-state index contributed by atoms with van der Waals surface area (Å²) in [7, 11) is 0. The third kappa shape index (κ3) is 2.27. The van der Waals surface area contributed by atoms with Crippen LogP contribution in [-0.4, -0.2) is 19.2 Å². The second kappa shape index (κ2) is 4.76. The lowest BCUT2D eigenvalue weighted by atomic mass is 10.1. The van der Waals surface area contributed by atoms with E-state index in [4.69, 9.17) is 4.74 Å². The second-order valence-corrected chi connectivity index (χ2v) is 4.58. The van der Waals surface area contributed by atoms with Gasteiger partial charge in [0.15, 0.2) is 0 Å². The van der Waals surface area contributed by atoms with Crippen LogP contribution < -0.4 is 10.1 Å². The van der Waals surface area contributed by atoms with E-state index < -0.39 is 0 Å². The van der Waals surface area contributed by atoms with Crippen molar-refractivity contribution < 1.29 is 4.74 Å². The molecule has 88 valence electrons. The summed E-state index contributed by atoms with van der Waals surface area (Å²) in [6, 6.07) is 15.1. The van der Waals surface area contributed by atoms with Crippen molar-refractivity contribution >= 4 is 10.8 Å². The van der Waals surface area contributed by atoms with Gasteiger partial charge < -0.3 is 10.1 Å². The van der Waals surface area contributed by atoms with E-state index in [1.807, 2.05) is 0 Å². The summed E-state index contributed by atoms with van der Waals surface area (Å²) in [6.45, 7) is 1.90. The first kappa shape index (κ1) is 10.6. The van der Waals surface area contributed by atoms with E-state index >= 15 is 0 Å². The fraction of sp³-hybridized carbons (Fsp3) is 0.333. The van der Waals surface area contributed by atoms with Crippen molar-refractivity contribution in [2.24, 2.45) is 0 Å². The molecular formula is C15H17NO. The summed E-state index contributed by atoms with van der Waals surface area (Å²) in [6.07, 6.45) is 2.49. The molecule has 1 aliphatic rings. The Bertz CT molecular complexity index is 498. The van der Waals surface area contributed by atoms with Crippen LogP contribution in [0.4, 0.5) is 0 Å². The van der Waals surface area contributed by atoms with Crippen LogP contribution in [0.3, 0.4) is 0 Å². The van der Waals surface area contributed by atoms with Gasteiger partial charge in [-0.05, 0) is 30.8 Å². The minimum Gasteiger partial charge on any atom is -0.491 e. The molecule has 17 heavy (non-hydrogen) atoms. The van der Waals surface area contributed by atoms with Gasteiger partial charge >= 0.3 is 0 Å². The number of ether oxygens (including phenoxy) is 1. The minimum atomic E-state index is 0.522. The van der Waals surface area contributed by atoms with Crippen molar-refractivity contribution in [2.75, 3.05) is 13.2 Å². The van der Waals surface area contributed by atoms with Gasteiger partial charge in [-0.25, -0.2) is 0 Å². The van der Waals surface area contributed by atoms with Gasteiger partial charge in [-0.1, -0.05) is 36.4 Å². The van der Waals surface area contributed by atoms with Crippen LogP contribution in [0, 0.1) is 0 Å². The predicted octanol–water partition coefficient (Wildman–Crippen LogP) is 2.97. The Labute approximate surface area is 102 Å². The number of rotatable bonds is 3. The van der Waals surface area contributed by atoms with Crippen LogP contribution in [0.5, 0.6) is 5.75 Å². The van der Waals surface area contributed by atoms with Gasteiger partial charge in [-0.3, -0.25) is 0 Å². The maximum Gasteiger partial charge on any atom is 0.127 e. The van der Waals surface area contributed by atoms with Gasteiger partial charge in [0.1, 0.15) is 12.4 Å². The SMILES string of the molecule is c1ccc2c(OCC3CCCN3)cccc2c1. The normalized spacial score (nSPS) is 19.6. The van der Waals surface area contributed by atoms with Crippen molar-refractivity contribution in [3.05, 3.63) is 42.5 Å². The molecule has 0 aliphatic carbocycles. The first-order valence-electron chi connectivity index (χ1n) is 6.27. The maximum atomic E-state index is 5.94. The van der Waals surface area contributed by atoms with Crippen molar-refractivity contribution in [3.63, 3.8) is 0 Å². The zero-order valence-electron chi connectivity index (χ0n) is 9.86. The Morgan fingerprint density at radius 1 is 1.12 bits per heavy atom.